The van der Waals surface area contributed by atoms with Crippen LogP contribution in [0.3, 0.4) is 0 Å². The SMILES string of the molecule is Cc1ccc(N(C)c2ccc(N)c3cc(Br)cnc23)cc1. The Morgan fingerprint density at radius 3 is 2.52 bits per heavy atom. The molecule has 2 aromatic carbocycles. The minimum absolute atomic E-state index is 0.736. The van der Waals surface area contributed by atoms with Gasteiger partial charge in [-0.1, -0.05) is 17.7 Å². The minimum atomic E-state index is 0.736. The summed E-state index contributed by atoms with van der Waals surface area (Å²) < 4.78 is 0.928. The maximum absolute atomic E-state index is 6.07. The number of aryl methyl sites for hydroxylation is 1. The van der Waals surface area contributed by atoms with Gasteiger partial charge in [0.15, 0.2) is 0 Å². The Kier molecular flexibility index (Phi) is 3.55. The van der Waals surface area contributed by atoms with Gasteiger partial charge in [0, 0.05) is 34.5 Å². The number of nitrogens with zero attached hydrogens (tertiary/aromatic N) is 2. The molecule has 0 bridgehead atoms. The zero-order valence-corrected chi connectivity index (χ0v) is 13.6. The molecule has 2 N–H and O–H groups in total. The highest BCUT2D eigenvalue weighted by molar-refractivity contribution is 9.10. The number of fused-ring (bicyclic) bond motifs is 1. The van der Waals surface area contributed by atoms with Crippen molar-refractivity contribution in [2.75, 3.05) is 17.7 Å². The molecule has 0 atom stereocenters. The first-order valence-corrected chi connectivity index (χ1v) is 7.49. The second-order valence-corrected chi connectivity index (χ2v) is 6.03. The Morgan fingerprint density at radius 1 is 1.10 bits per heavy atom. The van der Waals surface area contributed by atoms with Crippen LogP contribution in [0.1, 0.15) is 5.56 Å². The number of hydrogen-bond donors (Lipinski definition) is 1. The van der Waals surface area contributed by atoms with Gasteiger partial charge in [-0.05, 0) is 53.2 Å². The van der Waals surface area contributed by atoms with Crippen LogP contribution in [0.5, 0.6) is 0 Å². The van der Waals surface area contributed by atoms with E-state index in [1.54, 1.807) is 6.20 Å². The van der Waals surface area contributed by atoms with E-state index in [2.05, 4.69) is 57.0 Å². The standard InChI is InChI=1S/C17H16BrN3/c1-11-3-5-13(6-4-11)21(2)16-8-7-15(19)14-9-12(18)10-20-17(14)16/h3-10H,19H2,1-2H3. The third-order valence-electron chi connectivity index (χ3n) is 3.61. The van der Waals surface area contributed by atoms with Gasteiger partial charge in [0.25, 0.3) is 0 Å². The number of aromatic nitrogens is 1. The fraction of sp³-hybridized carbons (Fsp3) is 0.118. The molecule has 106 valence electrons. The summed E-state index contributed by atoms with van der Waals surface area (Å²) in [6.07, 6.45) is 1.80. The van der Waals surface area contributed by atoms with Crippen molar-refractivity contribution in [1.82, 2.24) is 4.98 Å². The number of halogens is 1. The fourth-order valence-electron chi connectivity index (χ4n) is 2.38. The van der Waals surface area contributed by atoms with E-state index in [-0.39, 0.29) is 0 Å². The zero-order valence-electron chi connectivity index (χ0n) is 12.0. The molecule has 3 nitrogen and oxygen atoms in total. The van der Waals surface area contributed by atoms with Crippen LogP contribution in [0.2, 0.25) is 0 Å². The van der Waals surface area contributed by atoms with Crippen LogP contribution in [0, 0.1) is 6.92 Å². The number of rotatable bonds is 2. The number of nitrogens with two attached hydrogens (primary N) is 1. The van der Waals surface area contributed by atoms with Crippen LogP contribution >= 0.6 is 15.9 Å². The first-order chi connectivity index (χ1) is 10.1. The zero-order chi connectivity index (χ0) is 15.0. The number of anilines is 3. The summed E-state index contributed by atoms with van der Waals surface area (Å²) in [5.41, 5.74) is 11.1. The number of pyridine rings is 1. The summed E-state index contributed by atoms with van der Waals surface area (Å²) in [6.45, 7) is 2.08. The topological polar surface area (TPSA) is 42.1 Å². The lowest BCUT2D eigenvalue weighted by molar-refractivity contribution is 1.20. The Balaban J connectivity index is 2.16. The molecular weight excluding hydrogens is 326 g/mol. The minimum Gasteiger partial charge on any atom is -0.398 e. The molecule has 0 radical (unpaired) electrons. The second-order valence-electron chi connectivity index (χ2n) is 5.12. The molecular formula is C17H16BrN3. The number of hydrogen-bond acceptors (Lipinski definition) is 3. The van der Waals surface area contributed by atoms with E-state index in [0.29, 0.717) is 0 Å². The maximum Gasteiger partial charge on any atom is 0.0960 e. The molecule has 0 aliphatic carbocycles. The monoisotopic (exact) mass is 341 g/mol. The highest BCUT2D eigenvalue weighted by Crippen LogP contribution is 2.33. The molecule has 3 aromatic rings. The normalized spacial score (nSPS) is 10.8. The lowest BCUT2D eigenvalue weighted by Crippen LogP contribution is -2.10. The molecule has 0 saturated heterocycles. The summed E-state index contributed by atoms with van der Waals surface area (Å²) in [6, 6.07) is 14.4. The van der Waals surface area contributed by atoms with E-state index < -0.39 is 0 Å². The average Bonchev–Trinajstić information content (AvgIpc) is 2.48. The van der Waals surface area contributed by atoms with E-state index in [1.165, 1.54) is 5.56 Å². The predicted molar refractivity (Wildman–Crippen MR) is 93.1 cm³/mol. The quantitative estimate of drug-likeness (QED) is 0.689. The highest BCUT2D eigenvalue weighted by Gasteiger charge is 2.11. The van der Waals surface area contributed by atoms with Gasteiger partial charge in [0.1, 0.15) is 0 Å². The van der Waals surface area contributed by atoms with Gasteiger partial charge in [-0.2, -0.15) is 0 Å². The van der Waals surface area contributed by atoms with Crippen LogP contribution < -0.4 is 10.6 Å². The lowest BCUT2D eigenvalue weighted by atomic mass is 10.1. The van der Waals surface area contributed by atoms with Crippen molar-refractivity contribution < 1.29 is 0 Å². The van der Waals surface area contributed by atoms with E-state index >= 15 is 0 Å². The smallest absolute Gasteiger partial charge is 0.0960 e. The second kappa shape index (κ2) is 5.37. The molecule has 1 aromatic heterocycles. The number of nitrogen functional groups attached to an aromatic ring is 1. The van der Waals surface area contributed by atoms with E-state index in [1.807, 2.05) is 25.2 Å². The number of benzene rings is 2. The molecule has 21 heavy (non-hydrogen) atoms. The molecule has 0 unspecified atom stereocenters. The largest absolute Gasteiger partial charge is 0.398 e. The Morgan fingerprint density at radius 2 is 1.81 bits per heavy atom. The van der Waals surface area contributed by atoms with Crippen molar-refractivity contribution in [3.63, 3.8) is 0 Å². The van der Waals surface area contributed by atoms with Crippen LogP contribution in [0.25, 0.3) is 10.9 Å². The van der Waals surface area contributed by atoms with Gasteiger partial charge in [-0.15, -0.1) is 0 Å². The van der Waals surface area contributed by atoms with E-state index in [0.717, 1.165) is 32.4 Å². The third kappa shape index (κ3) is 2.59. The first kappa shape index (κ1) is 13.9. The van der Waals surface area contributed by atoms with Crippen molar-refractivity contribution >= 4 is 43.9 Å². The van der Waals surface area contributed by atoms with Crippen molar-refractivity contribution in [2.45, 2.75) is 6.92 Å². The van der Waals surface area contributed by atoms with Crippen LogP contribution in [0.4, 0.5) is 17.1 Å². The molecule has 0 aliphatic rings. The summed E-state index contributed by atoms with van der Waals surface area (Å²) >= 11 is 3.45. The Bertz CT molecular complexity index is 797. The lowest BCUT2D eigenvalue weighted by Gasteiger charge is -2.21. The van der Waals surface area contributed by atoms with Crippen LogP contribution in [0.15, 0.2) is 53.1 Å². The Labute approximate surface area is 132 Å². The molecule has 0 fully saturated rings. The summed E-state index contributed by atoms with van der Waals surface area (Å²) in [5, 5.41) is 0.959. The van der Waals surface area contributed by atoms with E-state index in [4.69, 9.17) is 5.73 Å². The van der Waals surface area contributed by atoms with Gasteiger partial charge >= 0.3 is 0 Å². The van der Waals surface area contributed by atoms with Gasteiger partial charge in [-0.3, -0.25) is 4.98 Å². The van der Waals surface area contributed by atoms with Gasteiger partial charge in [0.2, 0.25) is 0 Å². The van der Waals surface area contributed by atoms with Crippen molar-refractivity contribution in [3.05, 3.63) is 58.7 Å². The fourth-order valence-corrected chi connectivity index (χ4v) is 2.71. The van der Waals surface area contributed by atoms with Crippen LogP contribution in [-0.4, -0.2) is 12.0 Å². The van der Waals surface area contributed by atoms with Gasteiger partial charge in [0.05, 0.1) is 11.2 Å². The summed E-state index contributed by atoms with van der Waals surface area (Å²) in [4.78, 5) is 6.66. The third-order valence-corrected chi connectivity index (χ3v) is 4.05. The molecule has 0 amide bonds. The highest BCUT2D eigenvalue weighted by atomic mass is 79.9. The molecule has 0 saturated carbocycles. The van der Waals surface area contributed by atoms with E-state index in [9.17, 15) is 0 Å². The Hall–Kier alpha value is -2.07. The molecule has 4 heteroatoms. The summed E-state index contributed by atoms with van der Waals surface area (Å²) in [5.74, 6) is 0. The van der Waals surface area contributed by atoms with Crippen molar-refractivity contribution in [3.8, 4) is 0 Å². The predicted octanol–water partition coefficient (Wildman–Crippen LogP) is 4.66. The average molecular weight is 342 g/mol. The van der Waals surface area contributed by atoms with Gasteiger partial charge in [-0.25, -0.2) is 0 Å². The summed E-state index contributed by atoms with van der Waals surface area (Å²) in [7, 11) is 2.04. The van der Waals surface area contributed by atoms with Crippen molar-refractivity contribution in [2.24, 2.45) is 0 Å². The molecule has 1 heterocycles. The molecule has 0 spiro atoms. The van der Waals surface area contributed by atoms with Crippen molar-refractivity contribution in [1.29, 1.82) is 0 Å². The molecule has 3 rings (SSSR count). The molecule has 0 aliphatic heterocycles. The van der Waals surface area contributed by atoms with Crippen LogP contribution in [-0.2, 0) is 0 Å². The maximum atomic E-state index is 6.07. The van der Waals surface area contributed by atoms with Gasteiger partial charge < -0.3 is 10.6 Å². The first-order valence-electron chi connectivity index (χ1n) is 6.70.